The number of hydrogen-bond acceptors (Lipinski definition) is 5. The van der Waals surface area contributed by atoms with E-state index in [1.807, 2.05) is 6.07 Å². The molecule has 0 saturated heterocycles. The molecule has 2 aromatic carbocycles. The number of halogens is 1. The molecule has 0 spiro atoms. The molecule has 0 saturated carbocycles. The predicted octanol–water partition coefficient (Wildman–Crippen LogP) is 3.36. The molecule has 5 nitrogen and oxygen atoms in total. The zero-order chi connectivity index (χ0) is 15.4. The lowest BCUT2D eigenvalue weighted by Gasteiger charge is -2.03. The molecule has 0 aliphatic carbocycles. The van der Waals surface area contributed by atoms with Gasteiger partial charge in [0.2, 0.25) is 11.8 Å². The van der Waals surface area contributed by atoms with Crippen LogP contribution in [0.1, 0.15) is 11.5 Å². The predicted molar refractivity (Wildman–Crippen MR) is 78.2 cm³/mol. The molecule has 0 aliphatic heterocycles. The summed E-state index contributed by atoms with van der Waals surface area (Å²) in [7, 11) is 0. The van der Waals surface area contributed by atoms with Gasteiger partial charge in [-0.3, -0.25) is 0 Å². The van der Waals surface area contributed by atoms with Crippen LogP contribution >= 0.6 is 0 Å². The number of aromatic nitrogens is 2. The second-order valence-corrected chi connectivity index (χ2v) is 4.55. The van der Waals surface area contributed by atoms with Crippen molar-refractivity contribution < 1.29 is 8.81 Å². The average molecular weight is 294 g/mol. The van der Waals surface area contributed by atoms with Gasteiger partial charge in [-0.1, -0.05) is 6.07 Å². The van der Waals surface area contributed by atoms with Gasteiger partial charge in [0, 0.05) is 11.3 Å². The van der Waals surface area contributed by atoms with Crippen LogP contribution < -0.4 is 5.32 Å². The number of rotatable bonds is 4. The van der Waals surface area contributed by atoms with E-state index in [0.717, 1.165) is 5.69 Å². The van der Waals surface area contributed by atoms with Gasteiger partial charge in [-0.05, 0) is 42.5 Å². The van der Waals surface area contributed by atoms with Gasteiger partial charge in [0.05, 0.1) is 18.2 Å². The maximum atomic E-state index is 12.9. The number of nitrogens with zero attached hydrogens (tertiary/aromatic N) is 3. The Hall–Kier alpha value is -3.20. The first-order chi connectivity index (χ1) is 10.7. The lowest BCUT2D eigenvalue weighted by atomic mass is 10.2. The first kappa shape index (κ1) is 13.8. The maximum absolute atomic E-state index is 12.9. The first-order valence-corrected chi connectivity index (χ1v) is 6.57. The standard InChI is InChI=1S/C16H11FN4O/c17-13-6-4-12(5-7-13)16-21-20-15(22-16)10-19-14-3-1-2-11(8-14)9-18/h1-8,19H,10H2. The van der Waals surface area contributed by atoms with Crippen LogP contribution in [0, 0.1) is 17.1 Å². The van der Waals surface area contributed by atoms with E-state index in [1.54, 1.807) is 30.3 Å². The molecule has 1 N–H and O–H groups in total. The molecule has 0 aliphatic rings. The van der Waals surface area contributed by atoms with Gasteiger partial charge in [-0.25, -0.2) is 4.39 Å². The summed E-state index contributed by atoms with van der Waals surface area (Å²) in [5, 5.41) is 19.8. The SMILES string of the molecule is N#Cc1cccc(NCc2nnc(-c3ccc(F)cc3)o2)c1. The number of benzene rings is 2. The van der Waals surface area contributed by atoms with E-state index < -0.39 is 0 Å². The highest BCUT2D eigenvalue weighted by molar-refractivity contribution is 5.52. The summed E-state index contributed by atoms with van der Waals surface area (Å²) in [5.41, 5.74) is 2.02. The molecule has 0 radical (unpaired) electrons. The third-order valence-electron chi connectivity index (χ3n) is 2.99. The Labute approximate surface area is 126 Å². The summed E-state index contributed by atoms with van der Waals surface area (Å²) in [5.74, 6) is 0.423. The maximum Gasteiger partial charge on any atom is 0.247 e. The molecule has 1 heterocycles. The van der Waals surface area contributed by atoms with Crippen molar-refractivity contribution in [1.29, 1.82) is 5.26 Å². The molecule has 1 aromatic heterocycles. The summed E-state index contributed by atoms with van der Waals surface area (Å²) in [6.07, 6.45) is 0. The van der Waals surface area contributed by atoms with Gasteiger partial charge in [0.1, 0.15) is 5.82 Å². The van der Waals surface area contributed by atoms with Gasteiger partial charge >= 0.3 is 0 Å². The molecule has 0 unspecified atom stereocenters. The summed E-state index contributed by atoms with van der Waals surface area (Å²) < 4.78 is 18.4. The van der Waals surface area contributed by atoms with Crippen molar-refractivity contribution in [2.45, 2.75) is 6.54 Å². The highest BCUT2D eigenvalue weighted by Gasteiger charge is 2.08. The van der Waals surface area contributed by atoms with Crippen LogP contribution in [-0.4, -0.2) is 10.2 Å². The molecule has 22 heavy (non-hydrogen) atoms. The third kappa shape index (κ3) is 3.10. The van der Waals surface area contributed by atoms with Crippen molar-refractivity contribution >= 4 is 5.69 Å². The molecule has 6 heteroatoms. The van der Waals surface area contributed by atoms with E-state index in [0.29, 0.717) is 29.5 Å². The molecule has 0 atom stereocenters. The van der Waals surface area contributed by atoms with Crippen molar-refractivity contribution in [2.75, 3.05) is 5.32 Å². The van der Waals surface area contributed by atoms with E-state index in [4.69, 9.17) is 9.68 Å². The summed E-state index contributed by atoms with van der Waals surface area (Å²) in [6.45, 7) is 0.336. The lowest BCUT2D eigenvalue weighted by molar-refractivity contribution is 0.515. The van der Waals surface area contributed by atoms with E-state index in [1.165, 1.54) is 12.1 Å². The number of nitriles is 1. The fraction of sp³-hybridized carbons (Fsp3) is 0.0625. The number of hydrogen-bond donors (Lipinski definition) is 1. The van der Waals surface area contributed by atoms with Gasteiger partial charge in [-0.2, -0.15) is 5.26 Å². The molecular formula is C16H11FN4O. The van der Waals surface area contributed by atoms with Crippen LogP contribution in [0.15, 0.2) is 52.9 Å². The van der Waals surface area contributed by atoms with E-state index in [9.17, 15) is 4.39 Å². The first-order valence-electron chi connectivity index (χ1n) is 6.57. The fourth-order valence-electron chi connectivity index (χ4n) is 1.91. The molecular weight excluding hydrogens is 283 g/mol. The molecule has 3 aromatic rings. The van der Waals surface area contributed by atoms with Crippen LogP contribution in [-0.2, 0) is 6.54 Å². The highest BCUT2D eigenvalue weighted by atomic mass is 19.1. The van der Waals surface area contributed by atoms with Crippen LogP contribution in [0.3, 0.4) is 0 Å². The van der Waals surface area contributed by atoms with Crippen molar-refractivity contribution in [3.8, 4) is 17.5 Å². The summed E-state index contributed by atoms with van der Waals surface area (Å²) >= 11 is 0. The Morgan fingerprint density at radius 1 is 1.14 bits per heavy atom. The van der Waals surface area contributed by atoms with Crippen molar-refractivity contribution in [3.05, 3.63) is 65.8 Å². The zero-order valence-corrected chi connectivity index (χ0v) is 11.5. The third-order valence-corrected chi connectivity index (χ3v) is 2.99. The minimum Gasteiger partial charge on any atom is -0.419 e. The Morgan fingerprint density at radius 2 is 1.95 bits per heavy atom. The topological polar surface area (TPSA) is 74.7 Å². The monoisotopic (exact) mass is 294 g/mol. The van der Waals surface area contributed by atoms with E-state index in [-0.39, 0.29) is 5.82 Å². The Morgan fingerprint density at radius 3 is 2.73 bits per heavy atom. The highest BCUT2D eigenvalue weighted by Crippen LogP contribution is 2.18. The average Bonchev–Trinajstić information content (AvgIpc) is 3.03. The zero-order valence-electron chi connectivity index (χ0n) is 11.5. The minimum absolute atomic E-state index is 0.317. The quantitative estimate of drug-likeness (QED) is 0.798. The van der Waals surface area contributed by atoms with Gasteiger partial charge in [-0.15, -0.1) is 10.2 Å². The molecule has 0 amide bonds. The van der Waals surface area contributed by atoms with Crippen LogP contribution in [0.2, 0.25) is 0 Å². The van der Waals surface area contributed by atoms with Gasteiger partial charge < -0.3 is 9.73 Å². The van der Waals surface area contributed by atoms with E-state index >= 15 is 0 Å². The van der Waals surface area contributed by atoms with Crippen molar-refractivity contribution in [2.24, 2.45) is 0 Å². The molecule has 3 rings (SSSR count). The lowest BCUT2D eigenvalue weighted by Crippen LogP contribution is -1.99. The van der Waals surface area contributed by atoms with Gasteiger partial charge in [0.15, 0.2) is 0 Å². The van der Waals surface area contributed by atoms with Crippen LogP contribution in [0.25, 0.3) is 11.5 Å². The second-order valence-electron chi connectivity index (χ2n) is 4.55. The van der Waals surface area contributed by atoms with Crippen LogP contribution in [0.5, 0.6) is 0 Å². The fourth-order valence-corrected chi connectivity index (χ4v) is 1.91. The molecule has 0 bridgehead atoms. The largest absolute Gasteiger partial charge is 0.419 e. The Balaban J connectivity index is 1.69. The second kappa shape index (κ2) is 6.06. The summed E-state index contributed by atoms with van der Waals surface area (Å²) in [4.78, 5) is 0. The smallest absolute Gasteiger partial charge is 0.247 e. The van der Waals surface area contributed by atoms with E-state index in [2.05, 4.69) is 21.6 Å². The normalized spacial score (nSPS) is 10.2. The minimum atomic E-state index is -0.317. The molecule has 108 valence electrons. The van der Waals surface area contributed by atoms with Crippen molar-refractivity contribution in [3.63, 3.8) is 0 Å². The van der Waals surface area contributed by atoms with Crippen LogP contribution in [0.4, 0.5) is 10.1 Å². The number of anilines is 1. The Bertz CT molecular complexity index is 821. The van der Waals surface area contributed by atoms with Crippen molar-refractivity contribution in [1.82, 2.24) is 10.2 Å². The Kier molecular flexibility index (Phi) is 3.79. The molecule has 0 fully saturated rings. The van der Waals surface area contributed by atoms with Gasteiger partial charge in [0.25, 0.3) is 0 Å². The number of nitrogens with one attached hydrogen (secondary N) is 1. The summed E-state index contributed by atoms with van der Waals surface area (Å²) in [6, 6.07) is 15.0.